The molecule has 12 heteroatoms. The molecular weight excluding hydrogens is 548 g/mol. The lowest BCUT2D eigenvalue weighted by molar-refractivity contribution is -0.128. The number of nitrogens with zero attached hydrogens (tertiary/aromatic N) is 5. The zero-order valence-electron chi connectivity index (χ0n) is 24.4. The summed E-state index contributed by atoms with van der Waals surface area (Å²) in [6.07, 6.45) is 1.93. The number of hydrogen-bond donors (Lipinski definition) is 1. The zero-order valence-corrected chi connectivity index (χ0v) is 24.4. The lowest BCUT2D eigenvalue weighted by Crippen LogP contribution is -2.57. The number of rotatable bonds is 7. The van der Waals surface area contributed by atoms with Crippen LogP contribution in [0, 0.1) is 11.6 Å². The van der Waals surface area contributed by atoms with Crippen LogP contribution in [0.15, 0.2) is 30.9 Å². The SMILES string of the molecule is C=CC(=O)N1CCN2C(=O)c3c(N4CC(N(C)CCOC)CC4(C)C)nc(-c4c(O)cccc4F)c(F)c3OCC2C1. The fraction of sp³-hybridized carbons (Fsp3) is 0.500. The van der Waals surface area contributed by atoms with Gasteiger partial charge in [-0.15, -0.1) is 0 Å². The van der Waals surface area contributed by atoms with Crippen LogP contribution < -0.4 is 9.64 Å². The molecule has 0 spiro atoms. The number of fused-ring (bicyclic) bond motifs is 2. The number of anilines is 1. The molecule has 0 aliphatic carbocycles. The Balaban J connectivity index is 1.65. The van der Waals surface area contributed by atoms with E-state index in [1.165, 1.54) is 18.2 Å². The number of likely N-dealkylation sites (N-methyl/N-ethyl adjacent to an activating group) is 1. The average Bonchev–Trinajstić information content (AvgIpc) is 3.20. The van der Waals surface area contributed by atoms with Crippen molar-refractivity contribution in [1.82, 2.24) is 19.7 Å². The van der Waals surface area contributed by atoms with Gasteiger partial charge in [0.05, 0.1) is 18.2 Å². The second-order valence-corrected chi connectivity index (χ2v) is 11.6. The highest BCUT2D eigenvalue weighted by molar-refractivity contribution is 6.03. The molecule has 1 aromatic heterocycles. The zero-order chi connectivity index (χ0) is 30.3. The first kappa shape index (κ1) is 29.7. The second-order valence-electron chi connectivity index (χ2n) is 11.6. The van der Waals surface area contributed by atoms with E-state index in [-0.39, 0.29) is 55.3 Å². The van der Waals surface area contributed by atoms with E-state index in [2.05, 4.69) is 16.5 Å². The Labute approximate surface area is 244 Å². The molecule has 3 aliphatic rings. The Morgan fingerprint density at radius 3 is 2.74 bits per heavy atom. The van der Waals surface area contributed by atoms with Gasteiger partial charge in [0.25, 0.3) is 5.91 Å². The van der Waals surface area contributed by atoms with E-state index in [0.717, 1.165) is 6.07 Å². The van der Waals surface area contributed by atoms with Gasteiger partial charge in [-0.2, -0.15) is 0 Å². The van der Waals surface area contributed by atoms with E-state index in [1.54, 1.807) is 16.9 Å². The van der Waals surface area contributed by atoms with Gasteiger partial charge in [-0.05, 0) is 45.5 Å². The van der Waals surface area contributed by atoms with Crippen LogP contribution in [-0.2, 0) is 9.53 Å². The van der Waals surface area contributed by atoms with Crippen LogP contribution in [0.3, 0.4) is 0 Å². The fourth-order valence-corrected chi connectivity index (χ4v) is 6.18. The minimum Gasteiger partial charge on any atom is -0.507 e. The normalized spacial score (nSPS) is 21.6. The molecule has 1 aromatic carbocycles. The topological polar surface area (TPSA) is 98.7 Å². The predicted molar refractivity (Wildman–Crippen MR) is 153 cm³/mol. The van der Waals surface area contributed by atoms with Crippen molar-refractivity contribution < 1.29 is 33.0 Å². The van der Waals surface area contributed by atoms with E-state index in [4.69, 9.17) is 9.47 Å². The summed E-state index contributed by atoms with van der Waals surface area (Å²) in [5, 5.41) is 10.6. The van der Waals surface area contributed by atoms with Gasteiger partial charge in [0.2, 0.25) is 5.91 Å². The van der Waals surface area contributed by atoms with Crippen LogP contribution in [0.25, 0.3) is 11.3 Å². The Morgan fingerprint density at radius 1 is 1.29 bits per heavy atom. The first-order valence-electron chi connectivity index (χ1n) is 14.0. The van der Waals surface area contributed by atoms with Crippen molar-refractivity contribution in [1.29, 1.82) is 0 Å². The maximum atomic E-state index is 16.3. The van der Waals surface area contributed by atoms with E-state index >= 15 is 8.78 Å². The van der Waals surface area contributed by atoms with Crippen LogP contribution in [0.2, 0.25) is 0 Å². The smallest absolute Gasteiger partial charge is 0.262 e. The molecule has 42 heavy (non-hydrogen) atoms. The number of pyridine rings is 1. The number of phenols is 1. The molecule has 1 N–H and O–H groups in total. The molecule has 2 amide bonds. The van der Waals surface area contributed by atoms with Crippen molar-refractivity contribution in [3.05, 3.63) is 48.1 Å². The number of hydrogen-bond acceptors (Lipinski definition) is 8. The van der Waals surface area contributed by atoms with Crippen LogP contribution in [0.5, 0.6) is 11.5 Å². The van der Waals surface area contributed by atoms with E-state index in [0.29, 0.717) is 26.1 Å². The molecule has 10 nitrogen and oxygen atoms in total. The third-order valence-corrected chi connectivity index (χ3v) is 8.55. The summed E-state index contributed by atoms with van der Waals surface area (Å²) in [6.45, 7) is 9.87. The van der Waals surface area contributed by atoms with E-state index < -0.39 is 46.1 Å². The summed E-state index contributed by atoms with van der Waals surface area (Å²) in [7, 11) is 3.63. The minimum atomic E-state index is -1.04. The summed E-state index contributed by atoms with van der Waals surface area (Å²) >= 11 is 0. The van der Waals surface area contributed by atoms with Crippen molar-refractivity contribution in [2.24, 2.45) is 0 Å². The number of aromatic hydroxyl groups is 1. The van der Waals surface area contributed by atoms with Crippen LogP contribution >= 0.6 is 0 Å². The van der Waals surface area contributed by atoms with Gasteiger partial charge in [-0.25, -0.2) is 13.8 Å². The summed E-state index contributed by atoms with van der Waals surface area (Å²) in [5.74, 6) is -3.31. The van der Waals surface area contributed by atoms with Crippen LogP contribution in [0.4, 0.5) is 14.6 Å². The largest absolute Gasteiger partial charge is 0.507 e. The van der Waals surface area contributed by atoms with Crippen molar-refractivity contribution in [2.75, 3.05) is 65.0 Å². The molecule has 2 atom stereocenters. The molecule has 0 radical (unpaired) electrons. The average molecular weight is 586 g/mol. The maximum absolute atomic E-state index is 16.3. The number of amides is 2. The molecule has 5 rings (SSSR count). The highest BCUT2D eigenvalue weighted by atomic mass is 19.1. The van der Waals surface area contributed by atoms with E-state index in [9.17, 15) is 14.7 Å². The Morgan fingerprint density at radius 2 is 2.05 bits per heavy atom. The number of phenolic OH excluding ortho intramolecular Hbond substituents is 1. The van der Waals surface area contributed by atoms with Crippen molar-refractivity contribution >= 4 is 17.6 Å². The number of benzene rings is 1. The molecule has 2 unspecified atom stereocenters. The Bertz CT molecular complexity index is 1380. The number of halogens is 2. The molecule has 0 saturated carbocycles. The maximum Gasteiger partial charge on any atom is 0.262 e. The molecular formula is C30H37F2N5O5. The van der Waals surface area contributed by atoms with Gasteiger partial charge < -0.3 is 29.3 Å². The van der Waals surface area contributed by atoms with Gasteiger partial charge in [0.1, 0.15) is 35.2 Å². The Hall–Kier alpha value is -3.77. The summed E-state index contributed by atoms with van der Waals surface area (Å²) in [5.41, 5.74) is -1.43. The lowest BCUT2D eigenvalue weighted by atomic mass is 9.98. The third kappa shape index (κ3) is 5.17. The van der Waals surface area contributed by atoms with Gasteiger partial charge in [0.15, 0.2) is 11.6 Å². The number of ether oxygens (including phenoxy) is 2. The van der Waals surface area contributed by atoms with Crippen LogP contribution in [0.1, 0.15) is 30.6 Å². The summed E-state index contributed by atoms with van der Waals surface area (Å²) in [4.78, 5) is 38.4. The Kier molecular flexibility index (Phi) is 8.13. The molecule has 4 heterocycles. The number of piperazine rings is 1. The van der Waals surface area contributed by atoms with Gasteiger partial charge >= 0.3 is 0 Å². The molecule has 2 aromatic rings. The predicted octanol–water partition coefficient (Wildman–Crippen LogP) is 2.90. The highest BCUT2D eigenvalue weighted by Crippen LogP contribution is 2.45. The first-order valence-corrected chi connectivity index (χ1v) is 14.0. The molecule has 226 valence electrons. The van der Waals surface area contributed by atoms with Gasteiger partial charge in [-0.1, -0.05) is 12.6 Å². The molecule has 2 saturated heterocycles. The highest BCUT2D eigenvalue weighted by Gasteiger charge is 2.46. The second kappa shape index (κ2) is 11.5. The minimum absolute atomic E-state index is 0.0497. The van der Waals surface area contributed by atoms with Crippen LogP contribution in [-0.4, -0.2) is 114 Å². The number of carbonyl (C=O) groups excluding carboxylic acids is 2. The third-order valence-electron chi connectivity index (χ3n) is 8.55. The number of aromatic nitrogens is 1. The number of carbonyl (C=O) groups is 2. The fourth-order valence-electron chi connectivity index (χ4n) is 6.18. The van der Waals surface area contributed by atoms with Crippen molar-refractivity contribution in [3.8, 4) is 22.8 Å². The monoisotopic (exact) mass is 585 g/mol. The summed E-state index contributed by atoms with van der Waals surface area (Å²) < 4.78 is 42.7. The number of methoxy groups -OCH3 is 1. The summed E-state index contributed by atoms with van der Waals surface area (Å²) in [6, 6.07) is 3.20. The van der Waals surface area contributed by atoms with Crippen molar-refractivity contribution in [3.63, 3.8) is 0 Å². The lowest BCUT2D eigenvalue weighted by Gasteiger charge is -2.40. The van der Waals surface area contributed by atoms with Gasteiger partial charge in [0, 0.05) is 51.4 Å². The first-order chi connectivity index (χ1) is 20.0. The van der Waals surface area contributed by atoms with Gasteiger partial charge in [-0.3, -0.25) is 14.5 Å². The molecule has 3 aliphatic heterocycles. The van der Waals surface area contributed by atoms with E-state index in [1.807, 2.05) is 25.8 Å². The quantitative estimate of drug-likeness (QED) is 0.496. The van der Waals surface area contributed by atoms with Crippen molar-refractivity contribution in [2.45, 2.75) is 37.9 Å². The standard InChI is InChI=1S/C30H37F2N5O5/c1-6-22(39)35-10-11-36-19(15-35)17-42-27-24(29(36)40)28(33-26(25(27)32)23-20(31)8-7-9-21(23)38)37-16-18(14-30(37,2)3)34(4)12-13-41-5/h6-9,18-19,38H,1,10-17H2,2-5H3. The molecule has 2 fully saturated rings. The molecule has 0 bridgehead atoms.